The average Bonchev–Trinajstić information content (AvgIpc) is 3.03. The minimum absolute atomic E-state index is 0.00865. The first kappa shape index (κ1) is 13.3. The summed E-state index contributed by atoms with van der Waals surface area (Å²) in [7, 11) is 0. The van der Waals surface area contributed by atoms with Gasteiger partial charge in [0.1, 0.15) is 0 Å². The van der Waals surface area contributed by atoms with Crippen molar-refractivity contribution in [1.82, 2.24) is 15.5 Å². The van der Waals surface area contributed by atoms with Crippen LogP contribution in [-0.2, 0) is 9.59 Å². The second-order valence-electron chi connectivity index (χ2n) is 5.58. The van der Waals surface area contributed by atoms with Crippen LogP contribution in [0.3, 0.4) is 0 Å². The summed E-state index contributed by atoms with van der Waals surface area (Å²) in [6.45, 7) is 5.20. The fourth-order valence-electron chi connectivity index (χ4n) is 2.28. The monoisotopic (exact) mass is 253 g/mol. The van der Waals surface area contributed by atoms with Gasteiger partial charge in [0.05, 0.1) is 6.04 Å². The molecule has 5 heteroatoms. The fraction of sp³-hybridized carbons (Fsp3) is 0.846. The van der Waals surface area contributed by atoms with Gasteiger partial charge in [-0.1, -0.05) is 0 Å². The molecule has 0 spiro atoms. The third kappa shape index (κ3) is 3.70. The number of hydrogen-bond donors (Lipinski definition) is 2. The predicted molar refractivity (Wildman–Crippen MR) is 69.0 cm³/mol. The fourth-order valence-corrected chi connectivity index (χ4v) is 2.28. The normalized spacial score (nSPS) is 23.8. The lowest BCUT2D eigenvalue weighted by atomic mass is 10.2. The van der Waals surface area contributed by atoms with Crippen LogP contribution in [0.1, 0.15) is 39.5 Å². The zero-order valence-electron chi connectivity index (χ0n) is 11.2. The van der Waals surface area contributed by atoms with E-state index in [2.05, 4.69) is 10.6 Å². The van der Waals surface area contributed by atoms with E-state index in [1.54, 1.807) is 4.90 Å². The van der Waals surface area contributed by atoms with E-state index < -0.39 is 0 Å². The molecule has 2 N–H and O–H groups in total. The molecule has 1 saturated carbocycles. The molecule has 102 valence electrons. The van der Waals surface area contributed by atoms with Crippen molar-refractivity contribution in [3.63, 3.8) is 0 Å². The summed E-state index contributed by atoms with van der Waals surface area (Å²) in [5.41, 5.74) is 0. The first-order valence-corrected chi connectivity index (χ1v) is 6.90. The van der Waals surface area contributed by atoms with Gasteiger partial charge in [0.2, 0.25) is 11.8 Å². The van der Waals surface area contributed by atoms with Gasteiger partial charge in [-0.3, -0.25) is 9.59 Å². The molecular formula is C13H23N3O2. The molecule has 1 unspecified atom stereocenters. The van der Waals surface area contributed by atoms with Crippen molar-refractivity contribution in [2.24, 2.45) is 0 Å². The molecule has 0 radical (unpaired) electrons. The molecule has 5 nitrogen and oxygen atoms in total. The molecule has 0 aromatic heterocycles. The highest BCUT2D eigenvalue weighted by Crippen LogP contribution is 2.22. The Bertz CT molecular complexity index is 326. The van der Waals surface area contributed by atoms with Crippen LogP contribution in [0.25, 0.3) is 0 Å². The summed E-state index contributed by atoms with van der Waals surface area (Å²) >= 11 is 0. The van der Waals surface area contributed by atoms with Gasteiger partial charge in [-0.15, -0.1) is 0 Å². The molecular weight excluding hydrogens is 230 g/mol. The van der Waals surface area contributed by atoms with Crippen molar-refractivity contribution >= 4 is 11.8 Å². The lowest BCUT2D eigenvalue weighted by molar-refractivity contribution is -0.130. The van der Waals surface area contributed by atoms with Crippen LogP contribution >= 0.6 is 0 Å². The molecule has 2 amide bonds. The third-order valence-corrected chi connectivity index (χ3v) is 3.37. The quantitative estimate of drug-likeness (QED) is 0.713. The van der Waals surface area contributed by atoms with Gasteiger partial charge >= 0.3 is 0 Å². The number of likely N-dealkylation sites (tertiary alicyclic amines) is 1. The second-order valence-corrected chi connectivity index (χ2v) is 5.58. The Balaban J connectivity index is 1.70. The number of nitrogens with zero attached hydrogens (tertiary/aromatic N) is 1. The van der Waals surface area contributed by atoms with Crippen molar-refractivity contribution in [3.05, 3.63) is 0 Å². The first-order valence-electron chi connectivity index (χ1n) is 6.90. The number of amides is 2. The Morgan fingerprint density at radius 1 is 1.39 bits per heavy atom. The molecule has 2 aliphatic rings. The Morgan fingerprint density at radius 3 is 2.72 bits per heavy atom. The lowest BCUT2D eigenvalue weighted by Gasteiger charge is -2.17. The summed E-state index contributed by atoms with van der Waals surface area (Å²) in [6.07, 6.45) is 3.67. The van der Waals surface area contributed by atoms with E-state index >= 15 is 0 Å². The second kappa shape index (κ2) is 5.69. The molecule has 1 atom stereocenters. The van der Waals surface area contributed by atoms with E-state index in [-0.39, 0.29) is 23.9 Å². The smallest absolute Gasteiger partial charge is 0.239 e. The Hall–Kier alpha value is -1.10. The van der Waals surface area contributed by atoms with Crippen LogP contribution in [0, 0.1) is 0 Å². The summed E-state index contributed by atoms with van der Waals surface area (Å²) in [5.74, 6) is 0.190. The van der Waals surface area contributed by atoms with Crippen LogP contribution in [0.4, 0.5) is 0 Å². The van der Waals surface area contributed by atoms with Gasteiger partial charge in [0, 0.05) is 31.6 Å². The molecule has 0 aromatic carbocycles. The highest BCUT2D eigenvalue weighted by molar-refractivity contribution is 5.85. The zero-order chi connectivity index (χ0) is 13.1. The number of carbonyl (C=O) groups is 2. The topological polar surface area (TPSA) is 61.4 Å². The highest BCUT2D eigenvalue weighted by Gasteiger charge is 2.35. The Labute approximate surface area is 108 Å². The van der Waals surface area contributed by atoms with E-state index in [0.29, 0.717) is 19.0 Å². The maximum atomic E-state index is 12.0. The third-order valence-electron chi connectivity index (χ3n) is 3.37. The van der Waals surface area contributed by atoms with E-state index in [1.807, 2.05) is 13.8 Å². The molecule has 1 aliphatic carbocycles. The number of nitrogens with one attached hydrogen (secondary N) is 2. The van der Waals surface area contributed by atoms with Gasteiger partial charge in [-0.2, -0.15) is 0 Å². The molecule has 1 aliphatic heterocycles. The van der Waals surface area contributed by atoms with Crippen molar-refractivity contribution in [3.8, 4) is 0 Å². The summed E-state index contributed by atoms with van der Waals surface area (Å²) < 4.78 is 0. The van der Waals surface area contributed by atoms with Gasteiger partial charge in [-0.05, 0) is 33.1 Å². The minimum Gasteiger partial charge on any atom is -0.354 e. The van der Waals surface area contributed by atoms with E-state index in [4.69, 9.17) is 0 Å². The van der Waals surface area contributed by atoms with E-state index in [9.17, 15) is 9.59 Å². The lowest BCUT2D eigenvalue weighted by Crippen LogP contribution is -2.40. The van der Waals surface area contributed by atoms with Crippen LogP contribution in [-0.4, -0.2) is 47.9 Å². The average molecular weight is 253 g/mol. The summed E-state index contributed by atoms with van der Waals surface area (Å²) in [5, 5.41) is 6.20. The van der Waals surface area contributed by atoms with Crippen LogP contribution in [0.15, 0.2) is 0 Å². The molecule has 2 fully saturated rings. The maximum Gasteiger partial charge on any atom is 0.239 e. The van der Waals surface area contributed by atoms with Crippen LogP contribution < -0.4 is 10.6 Å². The van der Waals surface area contributed by atoms with Crippen LogP contribution in [0.2, 0.25) is 0 Å². The largest absolute Gasteiger partial charge is 0.354 e. The Kier molecular flexibility index (Phi) is 4.22. The maximum absolute atomic E-state index is 12.0. The molecule has 2 rings (SSSR count). The molecule has 0 bridgehead atoms. The van der Waals surface area contributed by atoms with Crippen LogP contribution in [0.5, 0.6) is 0 Å². The summed E-state index contributed by atoms with van der Waals surface area (Å²) in [6, 6.07) is 0.713. The Morgan fingerprint density at radius 2 is 2.11 bits per heavy atom. The number of hydrogen-bond acceptors (Lipinski definition) is 3. The predicted octanol–water partition coefficient (Wildman–Crippen LogP) is 0.254. The summed E-state index contributed by atoms with van der Waals surface area (Å²) in [4.78, 5) is 25.4. The van der Waals surface area contributed by atoms with E-state index in [0.717, 1.165) is 13.0 Å². The first-order chi connectivity index (χ1) is 8.56. The highest BCUT2D eigenvalue weighted by atomic mass is 16.2. The number of rotatable bonds is 6. The molecule has 18 heavy (non-hydrogen) atoms. The number of carbonyl (C=O) groups excluding carboxylic acids is 2. The van der Waals surface area contributed by atoms with Gasteiger partial charge in [0.25, 0.3) is 0 Å². The van der Waals surface area contributed by atoms with Crippen molar-refractivity contribution < 1.29 is 9.59 Å². The molecule has 1 saturated heterocycles. The van der Waals surface area contributed by atoms with Crippen molar-refractivity contribution in [2.75, 3.05) is 13.1 Å². The van der Waals surface area contributed by atoms with Crippen molar-refractivity contribution in [1.29, 1.82) is 0 Å². The SMILES string of the molecule is CC(C)NC(=O)CCN1CCC(NC2CC2)C1=O. The van der Waals surface area contributed by atoms with Gasteiger partial charge < -0.3 is 15.5 Å². The molecule has 1 heterocycles. The standard InChI is InChI=1S/C13H23N3O2/c1-9(2)14-12(17)6-8-16-7-5-11(13(16)18)15-10-3-4-10/h9-11,15H,3-8H2,1-2H3,(H,14,17). The zero-order valence-corrected chi connectivity index (χ0v) is 11.2. The van der Waals surface area contributed by atoms with Gasteiger partial charge in [0.15, 0.2) is 0 Å². The molecule has 0 aromatic rings. The van der Waals surface area contributed by atoms with E-state index in [1.165, 1.54) is 12.8 Å². The van der Waals surface area contributed by atoms with Gasteiger partial charge in [-0.25, -0.2) is 0 Å². The minimum atomic E-state index is -0.00865. The van der Waals surface area contributed by atoms with Crippen molar-refractivity contribution in [2.45, 2.75) is 57.7 Å².